The van der Waals surface area contributed by atoms with Crippen molar-refractivity contribution >= 4 is 33.3 Å². The quantitative estimate of drug-likeness (QED) is 0.198. The summed E-state index contributed by atoms with van der Waals surface area (Å²) in [6.07, 6.45) is 4.61. The van der Waals surface area contributed by atoms with Crippen molar-refractivity contribution < 1.29 is 14.2 Å². The molecule has 1 atom stereocenters. The number of anilines is 1. The van der Waals surface area contributed by atoms with Gasteiger partial charge in [-0.05, 0) is 80.9 Å². The van der Waals surface area contributed by atoms with Crippen LogP contribution < -0.4 is 14.4 Å². The van der Waals surface area contributed by atoms with Crippen LogP contribution in [0.2, 0.25) is 0 Å². The van der Waals surface area contributed by atoms with Gasteiger partial charge in [-0.3, -0.25) is 0 Å². The highest BCUT2D eigenvalue weighted by atomic mass is 16.5. The van der Waals surface area contributed by atoms with E-state index in [4.69, 9.17) is 14.2 Å². The molecule has 0 radical (unpaired) electrons. The van der Waals surface area contributed by atoms with E-state index in [0.717, 1.165) is 59.9 Å². The molecule has 0 amide bonds. The van der Waals surface area contributed by atoms with Crippen LogP contribution in [0, 0.1) is 0 Å². The largest absolute Gasteiger partial charge is 0.497 e. The van der Waals surface area contributed by atoms with Gasteiger partial charge < -0.3 is 19.1 Å². The number of methoxy groups -OCH3 is 1. The summed E-state index contributed by atoms with van der Waals surface area (Å²) in [5.41, 5.74) is 8.74. The van der Waals surface area contributed by atoms with Gasteiger partial charge in [-0.2, -0.15) is 0 Å². The van der Waals surface area contributed by atoms with Crippen LogP contribution in [0.1, 0.15) is 41.7 Å². The molecule has 47 heavy (non-hydrogen) atoms. The molecule has 1 fully saturated rings. The van der Waals surface area contributed by atoms with E-state index in [9.17, 15) is 0 Å². The topological polar surface area (TPSA) is 30.9 Å². The maximum Gasteiger partial charge on any atom is 0.178 e. The van der Waals surface area contributed by atoms with Crippen LogP contribution in [-0.4, -0.2) is 33.4 Å². The molecule has 6 aromatic rings. The number of hydrogen-bond acceptors (Lipinski definition) is 4. The third-order valence-corrected chi connectivity index (χ3v) is 10.6. The van der Waals surface area contributed by atoms with Crippen LogP contribution in [0.25, 0.3) is 38.7 Å². The first-order valence-electron chi connectivity index (χ1n) is 16.6. The lowest BCUT2D eigenvalue weighted by Gasteiger charge is -2.39. The van der Waals surface area contributed by atoms with E-state index in [1.54, 1.807) is 7.11 Å². The fraction of sp³-hybridized carbons (Fsp3) is 0.209. The maximum atomic E-state index is 7.58. The third kappa shape index (κ3) is 4.17. The maximum absolute atomic E-state index is 7.58. The second-order valence-corrected chi connectivity index (χ2v) is 13.5. The molecule has 232 valence electrons. The molecule has 4 heteroatoms. The zero-order valence-corrected chi connectivity index (χ0v) is 27.0. The summed E-state index contributed by atoms with van der Waals surface area (Å²) >= 11 is 0. The summed E-state index contributed by atoms with van der Waals surface area (Å²) in [5, 5.41) is 4.64. The number of morpholine rings is 1. The van der Waals surface area contributed by atoms with Gasteiger partial charge in [0.2, 0.25) is 0 Å². The first kappa shape index (κ1) is 28.2. The SMILES string of the molecule is COc1ccc2c3c(c4c(c2c1)OC(c1ccc(N2CCOCC2)cc1)(c1ccc2ccccc2c1)C=C4)C(C)(C)c1ccccc1-3. The lowest BCUT2D eigenvalue weighted by molar-refractivity contribution is 0.122. The molecule has 6 aromatic carbocycles. The van der Waals surface area contributed by atoms with E-state index in [0.29, 0.717) is 0 Å². The fourth-order valence-electron chi connectivity index (χ4n) is 8.20. The molecule has 2 aliphatic heterocycles. The van der Waals surface area contributed by atoms with E-state index < -0.39 is 5.60 Å². The Morgan fingerprint density at radius 3 is 2.28 bits per heavy atom. The number of hydrogen-bond donors (Lipinski definition) is 0. The summed E-state index contributed by atoms with van der Waals surface area (Å²) in [6.45, 7) is 8.00. The van der Waals surface area contributed by atoms with Crippen LogP contribution >= 0.6 is 0 Å². The molecule has 1 unspecified atom stereocenters. The Hall–Kier alpha value is -5.06. The summed E-state index contributed by atoms with van der Waals surface area (Å²) in [6, 6.07) is 39.5. The molecule has 1 saturated heterocycles. The van der Waals surface area contributed by atoms with Crippen LogP contribution in [0.15, 0.2) is 115 Å². The number of rotatable bonds is 4. The van der Waals surface area contributed by atoms with Gasteiger partial charge in [-0.15, -0.1) is 0 Å². The smallest absolute Gasteiger partial charge is 0.178 e. The van der Waals surface area contributed by atoms with Crippen molar-refractivity contribution in [2.45, 2.75) is 24.9 Å². The van der Waals surface area contributed by atoms with Gasteiger partial charge in [0.05, 0.1) is 20.3 Å². The number of nitrogens with zero attached hydrogens (tertiary/aromatic N) is 1. The van der Waals surface area contributed by atoms with Crippen molar-refractivity contribution in [3.63, 3.8) is 0 Å². The molecule has 0 N–H and O–H groups in total. The Kier molecular flexibility index (Phi) is 6.28. The van der Waals surface area contributed by atoms with E-state index in [-0.39, 0.29) is 5.41 Å². The molecule has 0 spiro atoms. The molecule has 3 aliphatic rings. The van der Waals surface area contributed by atoms with Crippen molar-refractivity contribution in [2.75, 3.05) is 38.3 Å². The van der Waals surface area contributed by atoms with Crippen molar-refractivity contribution in [2.24, 2.45) is 0 Å². The highest BCUT2D eigenvalue weighted by Crippen LogP contribution is 2.58. The molecule has 0 bridgehead atoms. The molecular formula is C43H37NO3. The van der Waals surface area contributed by atoms with E-state index >= 15 is 0 Å². The second kappa shape index (κ2) is 10.5. The first-order chi connectivity index (χ1) is 23.0. The minimum atomic E-state index is -0.847. The monoisotopic (exact) mass is 615 g/mol. The van der Waals surface area contributed by atoms with Crippen molar-refractivity contribution in [1.82, 2.24) is 0 Å². The normalized spacial score (nSPS) is 19.3. The van der Waals surface area contributed by atoms with Gasteiger partial charge in [0.25, 0.3) is 0 Å². The van der Waals surface area contributed by atoms with Crippen LogP contribution in [0.5, 0.6) is 11.5 Å². The Morgan fingerprint density at radius 2 is 1.47 bits per heavy atom. The van der Waals surface area contributed by atoms with E-state index in [1.165, 1.54) is 44.1 Å². The van der Waals surface area contributed by atoms with Gasteiger partial charge in [-0.1, -0.05) is 92.7 Å². The standard InChI is InChI=1S/C43H37NO3/c1-42(2)38-11-7-6-10-35(38)39-34-19-18-33(45-3)27-37(34)41-36(40(39)42)20-21-43(47-41,31-13-12-28-8-4-5-9-29(28)26-31)30-14-16-32(17-15-30)44-22-24-46-25-23-44/h4-21,26-27H,22-25H2,1-3H3. The zero-order valence-electron chi connectivity index (χ0n) is 27.0. The minimum Gasteiger partial charge on any atom is -0.497 e. The lowest BCUT2D eigenvalue weighted by Crippen LogP contribution is -2.37. The Labute approximate surface area is 275 Å². The molecule has 9 rings (SSSR count). The van der Waals surface area contributed by atoms with Crippen LogP contribution in [0.4, 0.5) is 5.69 Å². The second-order valence-electron chi connectivity index (χ2n) is 13.5. The van der Waals surface area contributed by atoms with E-state index in [1.807, 2.05) is 0 Å². The summed E-state index contributed by atoms with van der Waals surface area (Å²) < 4.78 is 19.0. The molecule has 4 nitrogen and oxygen atoms in total. The van der Waals surface area contributed by atoms with Gasteiger partial charge >= 0.3 is 0 Å². The molecule has 2 heterocycles. The van der Waals surface area contributed by atoms with Gasteiger partial charge in [-0.25, -0.2) is 0 Å². The highest BCUT2D eigenvalue weighted by molar-refractivity contribution is 6.09. The Balaban J connectivity index is 1.30. The predicted molar refractivity (Wildman–Crippen MR) is 192 cm³/mol. The third-order valence-electron chi connectivity index (χ3n) is 10.6. The van der Waals surface area contributed by atoms with Crippen molar-refractivity contribution in [3.8, 4) is 22.6 Å². The predicted octanol–water partition coefficient (Wildman–Crippen LogP) is 9.49. The zero-order chi connectivity index (χ0) is 31.8. The number of fused-ring (bicyclic) bond motifs is 9. The van der Waals surface area contributed by atoms with Gasteiger partial charge in [0, 0.05) is 46.3 Å². The minimum absolute atomic E-state index is 0.194. The number of benzene rings is 6. The van der Waals surface area contributed by atoms with Gasteiger partial charge in [0.15, 0.2) is 5.60 Å². The molecule has 0 saturated carbocycles. The van der Waals surface area contributed by atoms with Gasteiger partial charge in [0.1, 0.15) is 11.5 Å². The molecular weight excluding hydrogens is 578 g/mol. The van der Waals surface area contributed by atoms with Crippen molar-refractivity contribution in [3.05, 3.63) is 143 Å². The van der Waals surface area contributed by atoms with Crippen LogP contribution in [-0.2, 0) is 15.8 Å². The summed E-state index contributed by atoms with van der Waals surface area (Å²) in [7, 11) is 1.73. The highest BCUT2D eigenvalue weighted by Gasteiger charge is 2.44. The fourth-order valence-corrected chi connectivity index (χ4v) is 8.20. The summed E-state index contributed by atoms with van der Waals surface area (Å²) in [4.78, 5) is 2.39. The Bertz CT molecular complexity index is 2230. The first-order valence-corrected chi connectivity index (χ1v) is 16.6. The molecule has 1 aliphatic carbocycles. The number of ether oxygens (including phenoxy) is 3. The average Bonchev–Trinajstić information content (AvgIpc) is 3.38. The Morgan fingerprint density at radius 1 is 0.723 bits per heavy atom. The van der Waals surface area contributed by atoms with Crippen molar-refractivity contribution in [1.29, 1.82) is 0 Å². The summed E-state index contributed by atoms with van der Waals surface area (Å²) in [5.74, 6) is 1.71. The molecule has 0 aromatic heterocycles. The van der Waals surface area contributed by atoms with E-state index in [2.05, 4.69) is 140 Å². The average molecular weight is 616 g/mol. The van der Waals surface area contributed by atoms with Crippen LogP contribution in [0.3, 0.4) is 0 Å². The lowest BCUT2D eigenvalue weighted by atomic mass is 9.76.